The third-order valence-corrected chi connectivity index (χ3v) is 3.09. The Labute approximate surface area is 131 Å². The SMILES string of the molecule is COc1ccccc1NC(N)=NCCCNc1ccccc1. The number of guanidine groups is 1. The van der Waals surface area contributed by atoms with Gasteiger partial charge in [0.1, 0.15) is 5.75 Å². The maximum Gasteiger partial charge on any atom is 0.193 e. The zero-order chi connectivity index (χ0) is 15.6. The van der Waals surface area contributed by atoms with Crippen molar-refractivity contribution in [1.29, 1.82) is 0 Å². The molecule has 4 N–H and O–H groups in total. The van der Waals surface area contributed by atoms with E-state index in [1.54, 1.807) is 7.11 Å². The van der Waals surface area contributed by atoms with E-state index in [1.165, 1.54) is 0 Å². The van der Waals surface area contributed by atoms with Crippen molar-refractivity contribution in [2.45, 2.75) is 6.42 Å². The Hall–Kier alpha value is -2.69. The number of benzene rings is 2. The average Bonchev–Trinajstić information content (AvgIpc) is 2.56. The average molecular weight is 298 g/mol. The standard InChI is InChI=1S/C17H22N4O/c1-22-16-11-6-5-10-15(16)21-17(18)20-13-7-12-19-14-8-3-2-4-9-14/h2-6,8-11,19H,7,12-13H2,1H3,(H3,18,20,21). The summed E-state index contributed by atoms with van der Waals surface area (Å²) in [5.74, 6) is 1.13. The molecule has 0 aliphatic rings. The molecule has 2 aromatic carbocycles. The molecule has 2 aromatic rings. The van der Waals surface area contributed by atoms with Crippen LogP contribution in [-0.4, -0.2) is 26.2 Å². The lowest BCUT2D eigenvalue weighted by atomic mass is 10.3. The highest BCUT2D eigenvalue weighted by atomic mass is 16.5. The van der Waals surface area contributed by atoms with E-state index in [0.29, 0.717) is 12.5 Å². The minimum Gasteiger partial charge on any atom is -0.495 e. The molecule has 0 amide bonds. The summed E-state index contributed by atoms with van der Waals surface area (Å²) in [7, 11) is 1.63. The minimum absolute atomic E-state index is 0.393. The first-order valence-corrected chi connectivity index (χ1v) is 7.28. The topological polar surface area (TPSA) is 71.7 Å². The minimum atomic E-state index is 0.393. The lowest BCUT2D eigenvalue weighted by Crippen LogP contribution is -2.23. The van der Waals surface area contributed by atoms with Crippen molar-refractivity contribution in [3.8, 4) is 5.75 Å². The predicted molar refractivity (Wildman–Crippen MR) is 92.7 cm³/mol. The second kappa shape index (κ2) is 8.56. The molecule has 22 heavy (non-hydrogen) atoms. The highest BCUT2D eigenvalue weighted by Crippen LogP contribution is 2.22. The largest absolute Gasteiger partial charge is 0.495 e. The third-order valence-electron chi connectivity index (χ3n) is 3.09. The summed E-state index contributed by atoms with van der Waals surface area (Å²) in [5, 5.41) is 6.39. The number of nitrogens with one attached hydrogen (secondary N) is 2. The van der Waals surface area contributed by atoms with Crippen LogP contribution >= 0.6 is 0 Å². The number of anilines is 2. The Balaban J connectivity index is 1.73. The fourth-order valence-electron chi connectivity index (χ4n) is 1.99. The normalized spacial score (nSPS) is 11.0. The van der Waals surface area contributed by atoms with Crippen molar-refractivity contribution in [2.75, 3.05) is 30.8 Å². The van der Waals surface area contributed by atoms with Crippen LogP contribution in [0.5, 0.6) is 5.75 Å². The van der Waals surface area contributed by atoms with Gasteiger partial charge in [-0.1, -0.05) is 30.3 Å². The molecule has 5 heteroatoms. The van der Waals surface area contributed by atoms with E-state index in [0.717, 1.165) is 30.1 Å². The number of rotatable bonds is 7. The quantitative estimate of drug-likeness (QED) is 0.417. The summed E-state index contributed by atoms with van der Waals surface area (Å²) in [4.78, 5) is 4.31. The van der Waals surface area contributed by atoms with Crippen molar-refractivity contribution in [3.63, 3.8) is 0 Å². The fraction of sp³-hybridized carbons (Fsp3) is 0.235. The van der Waals surface area contributed by atoms with Gasteiger partial charge in [-0.2, -0.15) is 0 Å². The van der Waals surface area contributed by atoms with Crippen molar-refractivity contribution >= 4 is 17.3 Å². The van der Waals surface area contributed by atoms with Crippen molar-refractivity contribution in [1.82, 2.24) is 0 Å². The number of para-hydroxylation sites is 3. The molecule has 0 aliphatic heterocycles. The van der Waals surface area contributed by atoms with Crippen LogP contribution in [0.2, 0.25) is 0 Å². The lowest BCUT2D eigenvalue weighted by molar-refractivity contribution is 0.417. The molecule has 0 aromatic heterocycles. The van der Waals surface area contributed by atoms with E-state index < -0.39 is 0 Å². The van der Waals surface area contributed by atoms with Gasteiger partial charge in [0.2, 0.25) is 0 Å². The second-order valence-corrected chi connectivity index (χ2v) is 4.74. The number of ether oxygens (including phenoxy) is 1. The molecule has 0 unspecified atom stereocenters. The van der Waals surface area contributed by atoms with E-state index in [2.05, 4.69) is 15.6 Å². The Morgan fingerprint density at radius 2 is 1.82 bits per heavy atom. The summed E-state index contributed by atoms with van der Waals surface area (Å²) in [6.45, 7) is 1.52. The van der Waals surface area contributed by atoms with Gasteiger partial charge >= 0.3 is 0 Å². The molecule has 5 nitrogen and oxygen atoms in total. The maximum absolute atomic E-state index is 5.89. The van der Waals surface area contributed by atoms with Crippen LogP contribution in [0.3, 0.4) is 0 Å². The third kappa shape index (κ3) is 5.01. The van der Waals surface area contributed by atoms with Gasteiger partial charge in [-0.05, 0) is 30.7 Å². The van der Waals surface area contributed by atoms with Gasteiger partial charge in [0, 0.05) is 18.8 Å². The molecular formula is C17H22N4O. The van der Waals surface area contributed by atoms with Gasteiger partial charge < -0.3 is 21.1 Å². The molecule has 0 saturated heterocycles. The van der Waals surface area contributed by atoms with Gasteiger partial charge in [-0.3, -0.25) is 4.99 Å². The zero-order valence-corrected chi connectivity index (χ0v) is 12.8. The van der Waals surface area contributed by atoms with E-state index in [1.807, 2.05) is 54.6 Å². The van der Waals surface area contributed by atoms with Crippen LogP contribution < -0.4 is 21.1 Å². The number of hydrogen-bond donors (Lipinski definition) is 3. The molecule has 0 aliphatic carbocycles. The molecule has 0 spiro atoms. The highest BCUT2D eigenvalue weighted by Gasteiger charge is 2.01. The predicted octanol–water partition coefficient (Wildman–Crippen LogP) is 2.92. The molecule has 0 bridgehead atoms. The van der Waals surface area contributed by atoms with Gasteiger partial charge in [0.25, 0.3) is 0 Å². The van der Waals surface area contributed by atoms with Crippen LogP contribution in [0.15, 0.2) is 59.6 Å². The Morgan fingerprint density at radius 1 is 1.09 bits per heavy atom. The maximum atomic E-state index is 5.89. The van der Waals surface area contributed by atoms with Crippen LogP contribution in [0.25, 0.3) is 0 Å². The summed E-state index contributed by atoms with van der Waals surface area (Å²) in [5.41, 5.74) is 7.82. The zero-order valence-electron chi connectivity index (χ0n) is 12.8. The van der Waals surface area contributed by atoms with Gasteiger partial charge in [0.05, 0.1) is 12.8 Å². The van der Waals surface area contributed by atoms with Crippen molar-refractivity contribution in [2.24, 2.45) is 10.7 Å². The smallest absolute Gasteiger partial charge is 0.193 e. The molecule has 0 atom stereocenters. The molecule has 2 rings (SSSR count). The number of aliphatic imine (C=N–C) groups is 1. The van der Waals surface area contributed by atoms with E-state index in [9.17, 15) is 0 Å². The van der Waals surface area contributed by atoms with Crippen molar-refractivity contribution in [3.05, 3.63) is 54.6 Å². The Kier molecular flexibility index (Phi) is 6.11. The molecule has 0 radical (unpaired) electrons. The molecule has 0 fully saturated rings. The molecule has 0 saturated carbocycles. The summed E-state index contributed by atoms with van der Waals surface area (Å²) in [6.07, 6.45) is 0.906. The number of hydrogen-bond acceptors (Lipinski definition) is 3. The number of nitrogens with two attached hydrogens (primary N) is 1. The first kappa shape index (κ1) is 15.7. The fourth-order valence-corrected chi connectivity index (χ4v) is 1.99. The lowest BCUT2D eigenvalue weighted by Gasteiger charge is -2.10. The highest BCUT2D eigenvalue weighted by molar-refractivity contribution is 5.93. The second-order valence-electron chi connectivity index (χ2n) is 4.74. The molecule has 0 heterocycles. The molecular weight excluding hydrogens is 276 g/mol. The number of methoxy groups -OCH3 is 1. The molecule has 116 valence electrons. The summed E-state index contributed by atoms with van der Waals surface area (Å²) >= 11 is 0. The summed E-state index contributed by atoms with van der Waals surface area (Å²) < 4.78 is 5.26. The van der Waals surface area contributed by atoms with Gasteiger partial charge in [-0.15, -0.1) is 0 Å². The van der Waals surface area contributed by atoms with Crippen LogP contribution in [0, 0.1) is 0 Å². The van der Waals surface area contributed by atoms with Crippen LogP contribution in [0.4, 0.5) is 11.4 Å². The van der Waals surface area contributed by atoms with Crippen LogP contribution in [-0.2, 0) is 0 Å². The Morgan fingerprint density at radius 3 is 2.59 bits per heavy atom. The Bertz CT molecular complexity index is 599. The van der Waals surface area contributed by atoms with Gasteiger partial charge in [0.15, 0.2) is 5.96 Å². The van der Waals surface area contributed by atoms with Crippen LogP contribution in [0.1, 0.15) is 6.42 Å². The number of nitrogens with zero attached hydrogens (tertiary/aromatic N) is 1. The van der Waals surface area contributed by atoms with E-state index in [-0.39, 0.29) is 0 Å². The first-order valence-electron chi connectivity index (χ1n) is 7.28. The van der Waals surface area contributed by atoms with E-state index >= 15 is 0 Å². The first-order chi connectivity index (χ1) is 10.8. The monoisotopic (exact) mass is 298 g/mol. The summed E-state index contributed by atoms with van der Waals surface area (Å²) in [6, 6.07) is 17.7. The van der Waals surface area contributed by atoms with Crippen molar-refractivity contribution < 1.29 is 4.74 Å². The van der Waals surface area contributed by atoms with E-state index in [4.69, 9.17) is 10.5 Å². The van der Waals surface area contributed by atoms with Gasteiger partial charge in [-0.25, -0.2) is 0 Å².